The van der Waals surface area contributed by atoms with Crippen molar-refractivity contribution < 1.29 is 32.6 Å². The lowest BCUT2D eigenvalue weighted by Crippen LogP contribution is -2.43. The van der Waals surface area contributed by atoms with Gasteiger partial charge in [-0.2, -0.15) is 5.10 Å². The Kier molecular flexibility index (Phi) is 3.90. The number of benzene rings is 1. The Labute approximate surface area is 139 Å². The van der Waals surface area contributed by atoms with Gasteiger partial charge in [-0.1, -0.05) is 0 Å². The highest BCUT2D eigenvalue weighted by molar-refractivity contribution is 6.11. The van der Waals surface area contributed by atoms with Gasteiger partial charge in [-0.25, -0.2) is 4.79 Å². The van der Waals surface area contributed by atoms with Gasteiger partial charge < -0.3 is 14.7 Å². The van der Waals surface area contributed by atoms with Crippen molar-refractivity contribution in [1.82, 2.24) is 9.78 Å². The molecule has 0 radical (unpaired) electrons. The molecule has 0 saturated carbocycles. The minimum absolute atomic E-state index is 0.0677. The maximum Gasteiger partial charge on any atom is 0.573 e. The molecule has 7 nitrogen and oxygen atoms in total. The van der Waals surface area contributed by atoms with Crippen molar-refractivity contribution >= 4 is 17.6 Å². The number of carboxylic acids is 1. The fraction of sp³-hybridized carbons (Fsp3) is 0.267. The van der Waals surface area contributed by atoms with E-state index in [1.54, 1.807) is 6.92 Å². The topological polar surface area (TPSA) is 84.7 Å². The van der Waals surface area contributed by atoms with Crippen LogP contribution in [-0.2, 0) is 0 Å². The zero-order valence-electron chi connectivity index (χ0n) is 12.8. The first-order valence-corrected chi connectivity index (χ1v) is 7.16. The molecule has 0 bridgehead atoms. The number of carbonyl (C=O) groups excluding carboxylic acids is 1. The Morgan fingerprint density at radius 2 is 1.96 bits per heavy atom. The van der Waals surface area contributed by atoms with Crippen LogP contribution >= 0.6 is 0 Å². The largest absolute Gasteiger partial charge is 0.573 e. The molecule has 0 fully saturated rings. The predicted octanol–water partition coefficient (Wildman–Crippen LogP) is 2.70. The minimum atomic E-state index is -4.81. The maximum absolute atomic E-state index is 12.7. The van der Waals surface area contributed by atoms with E-state index in [9.17, 15) is 27.9 Å². The number of ether oxygens (including phenoxy) is 1. The number of halogens is 3. The van der Waals surface area contributed by atoms with Crippen molar-refractivity contribution in [2.45, 2.75) is 19.3 Å². The smallest absolute Gasteiger partial charge is 0.478 e. The molecule has 1 aliphatic rings. The molecular weight excluding hydrogens is 343 g/mol. The Bertz CT molecular complexity index is 830. The third kappa shape index (κ3) is 3.14. The lowest BCUT2D eigenvalue weighted by atomic mass is 10.1. The van der Waals surface area contributed by atoms with E-state index in [1.807, 2.05) is 0 Å². The highest BCUT2D eigenvalue weighted by Crippen LogP contribution is 2.30. The molecular formula is C15H12F3N3O4. The second-order valence-corrected chi connectivity index (χ2v) is 5.46. The van der Waals surface area contributed by atoms with Gasteiger partial charge in [-0.15, -0.1) is 13.2 Å². The first kappa shape index (κ1) is 16.8. The summed E-state index contributed by atoms with van der Waals surface area (Å²) in [4.78, 5) is 25.2. The van der Waals surface area contributed by atoms with Crippen LogP contribution in [0.25, 0.3) is 0 Å². The van der Waals surface area contributed by atoms with Crippen LogP contribution in [0.2, 0.25) is 0 Å². The molecule has 132 valence electrons. The number of hydrogen-bond donors (Lipinski definition) is 1. The summed E-state index contributed by atoms with van der Waals surface area (Å²) >= 11 is 0. The summed E-state index contributed by atoms with van der Waals surface area (Å²) in [6.45, 7) is 1.95. The van der Waals surface area contributed by atoms with E-state index < -0.39 is 24.0 Å². The molecule has 1 atom stereocenters. The number of hydrogen-bond acceptors (Lipinski definition) is 4. The summed E-state index contributed by atoms with van der Waals surface area (Å²) in [5.74, 6) is -2.28. The van der Waals surface area contributed by atoms with Gasteiger partial charge in [0.05, 0.1) is 12.2 Å². The zero-order chi connectivity index (χ0) is 18.4. The molecule has 1 aromatic carbocycles. The van der Waals surface area contributed by atoms with E-state index in [2.05, 4.69) is 9.84 Å². The van der Waals surface area contributed by atoms with Gasteiger partial charge in [-0.3, -0.25) is 9.48 Å². The van der Waals surface area contributed by atoms with Crippen LogP contribution < -0.4 is 9.64 Å². The summed E-state index contributed by atoms with van der Waals surface area (Å²) in [5, 5.41) is 13.1. The van der Waals surface area contributed by atoms with E-state index in [0.717, 1.165) is 18.3 Å². The summed E-state index contributed by atoms with van der Waals surface area (Å²) in [7, 11) is 0. The molecule has 1 amide bonds. The Morgan fingerprint density at radius 1 is 1.32 bits per heavy atom. The number of alkyl halides is 3. The monoisotopic (exact) mass is 355 g/mol. The van der Waals surface area contributed by atoms with Gasteiger partial charge in [0, 0.05) is 12.2 Å². The molecule has 2 aromatic rings. The van der Waals surface area contributed by atoms with E-state index >= 15 is 0 Å². The summed E-state index contributed by atoms with van der Waals surface area (Å²) in [5.41, 5.74) is 0.0376. The molecule has 1 aromatic heterocycles. The lowest BCUT2D eigenvalue weighted by molar-refractivity contribution is -0.274. The Morgan fingerprint density at radius 3 is 2.52 bits per heavy atom. The van der Waals surface area contributed by atoms with Crippen LogP contribution in [0.5, 0.6) is 5.75 Å². The molecule has 0 spiro atoms. The number of fused-ring (bicyclic) bond motifs is 1. The second kappa shape index (κ2) is 5.80. The normalized spacial score (nSPS) is 17.4. The van der Waals surface area contributed by atoms with Gasteiger partial charge in [0.15, 0.2) is 0 Å². The van der Waals surface area contributed by atoms with E-state index in [0.29, 0.717) is 5.69 Å². The number of anilines is 1. The van der Waals surface area contributed by atoms with E-state index in [1.165, 1.54) is 21.7 Å². The average Bonchev–Trinajstić information content (AvgIpc) is 2.96. The van der Waals surface area contributed by atoms with Crippen LogP contribution in [0.1, 0.15) is 33.8 Å². The summed E-state index contributed by atoms with van der Waals surface area (Å²) < 4.78 is 41.8. The quantitative estimate of drug-likeness (QED) is 0.915. The number of nitrogens with zero attached hydrogens (tertiary/aromatic N) is 3. The minimum Gasteiger partial charge on any atom is -0.478 e. The lowest BCUT2D eigenvalue weighted by Gasteiger charge is -2.32. The molecule has 0 aliphatic carbocycles. The number of carbonyl (C=O) groups is 2. The third-order valence-corrected chi connectivity index (χ3v) is 3.72. The van der Waals surface area contributed by atoms with E-state index in [-0.39, 0.29) is 23.8 Å². The molecule has 3 rings (SSSR count). The Balaban J connectivity index is 1.92. The van der Waals surface area contributed by atoms with Gasteiger partial charge in [0.25, 0.3) is 5.91 Å². The van der Waals surface area contributed by atoms with Crippen LogP contribution in [-0.4, -0.2) is 39.7 Å². The van der Waals surface area contributed by atoms with Crippen molar-refractivity contribution in [3.05, 3.63) is 41.7 Å². The summed E-state index contributed by atoms with van der Waals surface area (Å²) in [6, 6.07) is 4.48. The van der Waals surface area contributed by atoms with E-state index in [4.69, 9.17) is 0 Å². The molecule has 1 aliphatic heterocycles. The van der Waals surface area contributed by atoms with Crippen molar-refractivity contribution in [3.63, 3.8) is 0 Å². The Hall–Kier alpha value is -3.04. The first-order valence-electron chi connectivity index (χ1n) is 7.16. The van der Waals surface area contributed by atoms with Crippen LogP contribution in [0, 0.1) is 0 Å². The van der Waals surface area contributed by atoms with Gasteiger partial charge in [-0.05, 0) is 31.2 Å². The van der Waals surface area contributed by atoms with Crippen molar-refractivity contribution in [2.24, 2.45) is 0 Å². The molecule has 2 heterocycles. The SMILES string of the molecule is CC1CN(c2ccc(OC(F)(F)F)cc2)C(=O)c2c(C(=O)O)cnn21. The molecule has 1 unspecified atom stereocenters. The van der Waals surface area contributed by atoms with Gasteiger partial charge in [0.2, 0.25) is 0 Å². The third-order valence-electron chi connectivity index (χ3n) is 3.72. The number of rotatable bonds is 3. The standard InChI is InChI=1S/C15H12F3N3O4/c1-8-7-20(9-2-4-10(5-3-9)25-15(16,17)18)13(22)12-11(14(23)24)6-19-21(8)12/h2-6,8H,7H2,1H3,(H,23,24). The zero-order valence-corrected chi connectivity index (χ0v) is 12.8. The molecule has 0 saturated heterocycles. The number of aromatic nitrogens is 2. The van der Waals surface area contributed by atoms with Crippen molar-refractivity contribution in [2.75, 3.05) is 11.4 Å². The second-order valence-electron chi connectivity index (χ2n) is 5.46. The maximum atomic E-state index is 12.7. The van der Waals surface area contributed by atoms with Crippen LogP contribution in [0.15, 0.2) is 30.5 Å². The van der Waals surface area contributed by atoms with Crippen LogP contribution in [0.3, 0.4) is 0 Å². The van der Waals surface area contributed by atoms with Crippen molar-refractivity contribution in [1.29, 1.82) is 0 Å². The van der Waals surface area contributed by atoms with Gasteiger partial charge in [0.1, 0.15) is 17.0 Å². The highest BCUT2D eigenvalue weighted by Gasteiger charge is 2.35. The van der Waals surface area contributed by atoms with Gasteiger partial charge >= 0.3 is 12.3 Å². The predicted molar refractivity (Wildman–Crippen MR) is 78.7 cm³/mol. The van der Waals surface area contributed by atoms with Crippen LogP contribution in [0.4, 0.5) is 18.9 Å². The fourth-order valence-corrected chi connectivity index (χ4v) is 2.67. The molecule has 10 heteroatoms. The first-order chi connectivity index (χ1) is 11.7. The number of carboxylic acid groups (broad SMARTS) is 1. The highest BCUT2D eigenvalue weighted by atomic mass is 19.4. The fourth-order valence-electron chi connectivity index (χ4n) is 2.67. The number of amides is 1. The van der Waals surface area contributed by atoms with Crippen molar-refractivity contribution in [3.8, 4) is 5.75 Å². The average molecular weight is 355 g/mol. The number of aromatic carboxylic acids is 1. The molecule has 25 heavy (non-hydrogen) atoms. The molecule has 1 N–H and O–H groups in total. The summed E-state index contributed by atoms with van der Waals surface area (Å²) in [6.07, 6.45) is -3.70.